The van der Waals surface area contributed by atoms with Crippen LogP contribution in [0.15, 0.2) is 169 Å². The highest BCUT2D eigenvalue weighted by molar-refractivity contribution is 6.04. The van der Waals surface area contributed by atoms with Crippen molar-refractivity contribution in [2.24, 2.45) is 10.9 Å². The Balaban J connectivity index is 1.24. The van der Waals surface area contributed by atoms with Gasteiger partial charge in [0, 0.05) is 35.5 Å². The maximum absolute atomic E-state index is 5.28. The van der Waals surface area contributed by atoms with Gasteiger partial charge in [0.05, 0.1) is 16.9 Å². The number of rotatable bonds is 3. The number of allylic oxidation sites excluding steroid dienone is 8. The van der Waals surface area contributed by atoms with Gasteiger partial charge in [-0.2, -0.15) is 0 Å². The molecule has 2 aliphatic carbocycles. The van der Waals surface area contributed by atoms with Crippen molar-refractivity contribution in [3.05, 3.63) is 180 Å². The predicted octanol–water partition coefficient (Wildman–Crippen LogP) is 9.84. The van der Waals surface area contributed by atoms with Crippen LogP contribution in [0.4, 0.5) is 0 Å². The van der Waals surface area contributed by atoms with E-state index in [1.54, 1.807) is 0 Å². The summed E-state index contributed by atoms with van der Waals surface area (Å²) in [5, 5.41) is 1.30. The monoisotopic (exact) mass is 577 g/mol. The van der Waals surface area contributed by atoms with Crippen LogP contribution in [0.2, 0.25) is 0 Å². The Morgan fingerprint density at radius 2 is 1.33 bits per heavy atom. The fourth-order valence-corrected chi connectivity index (χ4v) is 7.29. The molecular weight excluding hydrogens is 546 g/mol. The molecule has 4 aromatic carbocycles. The largest absolute Gasteiger partial charge is 0.307 e. The van der Waals surface area contributed by atoms with Gasteiger partial charge < -0.3 is 4.90 Å². The molecular formula is C42H31N3. The van der Waals surface area contributed by atoms with Gasteiger partial charge in [0.25, 0.3) is 0 Å². The fraction of sp³-hybridized carbons (Fsp3) is 0.0714. The van der Waals surface area contributed by atoms with Crippen molar-refractivity contribution in [2.45, 2.75) is 5.92 Å². The molecule has 2 unspecified atom stereocenters. The fourth-order valence-electron chi connectivity index (χ4n) is 7.29. The van der Waals surface area contributed by atoms with E-state index in [2.05, 4.69) is 173 Å². The van der Waals surface area contributed by atoms with Crippen molar-refractivity contribution < 1.29 is 0 Å². The smallest absolute Gasteiger partial charge is 0.215 e. The summed E-state index contributed by atoms with van der Waals surface area (Å²) >= 11 is 0. The van der Waals surface area contributed by atoms with Gasteiger partial charge in [-0.3, -0.25) is 4.57 Å². The number of aliphatic imine (C=N–C) groups is 1. The molecule has 5 aromatic rings. The Bertz CT molecular complexity index is 2130. The van der Waals surface area contributed by atoms with E-state index in [1.165, 1.54) is 44.4 Å². The van der Waals surface area contributed by atoms with Crippen molar-refractivity contribution in [1.29, 1.82) is 0 Å². The van der Waals surface area contributed by atoms with Crippen LogP contribution in [0, 0.1) is 5.92 Å². The summed E-state index contributed by atoms with van der Waals surface area (Å²) in [5.41, 5.74) is 12.0. The van der Waals surface area contributed by atoms with Gasteiger partial charge in [-0.15, -0.1) is 0 Å². The first kappa shape index (κ1) is 25.8. The highest BCUT2D eigenvalue weighted by Gasteiger charge is 2.33. The zero-order valence-corrected chi connectivity index (χ0v) is 24.8. The summed E-state index contributed by atoms with van der Waals surface area (Å²) in [6, 6.07) is 37.0. The topological polar surface area (TPSA) is 20.5 Å². The standard InChI is InChI=1S/C42H31N3/c1-3-13-29(14-4-1)32-25-33(30-15-5-2-6-16-30)27-34(26-32)37-28-43-42(44-24-12-11-20-38(37)44)45-39-21-10-9-19-36(39)41-35-18-8-7-17-31(35)22-23-40(41)45/h1-23,25-28,31,35H,24H2. The third kappa shape index (κ3) is 4.23. The summed E-state index contributed by atoms with van der Waals surface area (Å²) < 4.78 is 2.37. The minimum absolute atomic E-state index is 0.324. The summed E-state index contributed by atoms with van der Waals surface area (Å²) in [5.74, 6) is 1.64. The number of nitrogens with zero attached hydrogens (tertiary/aromatic N) is 3. The second kappa shape index (κ2) is 10.5. The Hall–Kier alpha value is -5.67. The van der Waals surface area contributed by atoms with E-state index in [1.807, 2.05) is 0 Å². The third-order valence-electron chi connectivity index (χ3n) is 9.39. The molecule has 0 N–H and O–H groups in total. The average molecular weight is 578 g/mol. The molecule has 0 radical (unpaired) electrons. The zero-order valence-electron chi connectivity index (χ0n) is 24.8. The molecule has 2 aliphatic heterocycles. The zero-order chi connectivity index (χ0) is 29.7. The predicted molar refractivity (Wildman–Crippen MR) is 188 cm³/mol. The second-order valence-electron chi connectivity index (χ2n) is 12.0. The first-order valence-corrected chi connectivity index (χ1v) is 15.7. The molecule has 0 spiro atoms. The lowest BCUT2D eigenvalue weighted by Gasteiger charge is -2.35. The van der Waals surface area contributed by atoms with Crippen molar-refractivity contribution in [3.63, 3.8) is 0 Å². The van der Waals surface area contributed by atoms with Crippen LogP contribution in [0.3, 0.4) is 0 Å². The van der Waals surface area contributed by atoms with E-state index >= 15 is 0 Å². The average Bonchev–Trinajstić information content (AvgIpc) is 3.46. The number of benzene rings is 4. The number of aromatic nitrogens is 1. The SMILES string of the molecule is C1=CCN2C(=C1)C(c1cc(-c3ccccc3)cc(-c3ccccc3)c1)=CN=C2n1c2c(c3ccccc31)C1C=CC=CC1C=C2. The van der Waals surface area contributed by atoms with Gasteiger partial charge in [0.15, 0.2) is 0 Å². The lowest BCUT2D eigenvalue weighted by Crippen LogP contribution is -2.39. The number of hydrogen-bond acceptors (Lipinski definition) is 2. The summed E-state index contributed by atoms with van der Waals surface area (Å²) in [6.07, 6.45) is 22.4. The lowest BCUT2D eigenvalue weighted by atomic mass is 9.78. The normalized spacial score (nSPS) is 19.5. The summed E-state index contributed by atoms with van der Waals surface area (Å²) in [7, 11) is 0. The van der Waals surface area contributed by atoms with Crippen LogP contribution in [-0.4, -0.2) is 22.0 Å². The van der Waals surface area contributed by atoms with Crippen molar-refractivity contribution in [1.82, 2.24) is 9.47 Å². The number of para-hydroxylation sites is 1. The molecule has 3 nitrogen and oxygen atoms in total. The van der Waals surface area contributed by atoms with E-state index in [0.717, 1.165) is 29.3 Å². The van der Waals surface area contributed by atoms with E-state index in [4.69, 9.17) is 4.99 Å². The molecule has 214 valence electrons. The first-order valence-electron chi connectivity index (χ1n) is 15.7. The maximum atomic E-state index is 5.28. The molecule has 4 aliphatic rings. The van der Waals surface area contributed by atoms with E-state index in [-0.39, 0.29) is 0 Å². The van der Waals surface area contributed by atoms with Crippen LogP contribution in [0.5, 0.6) is 0 Å². The van der Waals surface area contributed by atoms with Crippen LogP contribution < -0.4 is 0 Å². The maximum Gasteiger partial charge on any atom is 0.215 e. The van der Waals surface area contributed by atoms with Crippen molar-refractivity contribution in [2.75, 3.05) is 6.54 Å². The highest BCUT2D eigenvalue weighted by Crippen LogP contribution is 2.44. The van der Waals surface area contributed by atoms with E-state index in [9.17, 15) is 0 Å². The Labute approximate surface area is 263 Å². The molecule has 0 bridgehead atoms. The van der Waals surface area contributed by atoms with Crippen LogP contribution in [0.1, 0.15) is 22.7 Å². The minimum atomic E-state index is 0.324. The summed E-state index contributed by atoms with van der Waals surface area (Å²) in [4.78, 5) is 7.66. The molecule has 0 saturated carbocycles. The van der Waals surface area contributed by atoms with Gasteiger partial charge >= 0.3 is 0 Å². The van der Waals surface area contributed by atoms with Gasteiger partial charge in [0.1, 0.15) is 0 Å². The number of hydrogen-bond donors (Lipinski definition) is 0. The quantitative estimate of drug-likeness (QED) is 0.209. The van der Waals surface area contributed by atoms with E-state index < -0.39 is 0 Å². The van der Waals surface area contributed by atoms with Gasteiger partial charge in [-0.25, -0.2) is 4.99 Å². The third-order valence-corrected chi connectivity index (χ3v) is 9.39. The van der Waals surface area contributed by atoms with Crippen LogP contribution in [0.25, 0.3) is 44.8 Å². The molecule has 2 atom stereocenters. The van der Waals surface area contributed by atoms with Gasteiger partial charge in [0.2, 0.25) is 5.96 Å². The molecule has 0 amide bonds. The molecule has 0 fully saturated rings. The van der Waals surface area contributed by atoms with E-state index in [0.29, 0.717) is 11.8 Å². The Morgan fingerprint density at radius 1 is 0.644 bits per heavy atom. The Kier molecular flexibility index (Phi) is 6.02. The highest BCUT2D eigenvalue weighted by atomic mass is 15.3. The molecule has 3 heterocycles. The van der Waals surface area contributed by atoms with Crippen LogP contribution in [-0.2, 0) is 0 Å². The van der Waals surface area contributed by atoms with Crippen molar-refractivity contribution >= 4 is 28.5 Å². The molecule has 1 aromatic heterocycles. The lowest BCUT2D eigenvalue weighted by molar-refractivity contribution is 0.558. The molecule has 3 heteroatoms. The minimum Gasteiger partial charge on any atom is -0.307 e. The van der Waals surface area contributed by atoms with Crippen molar-refractivity contribution in [3.8, 4) is 22.3 Å². The van der Waals surface area contributed by atoms with Crippen LogP contribution >= 0.6 is 0 Å². The Morgan fingerprint density at radius 3 is 2.11 bits per heavy atom. The molecule has 9 rings (SSSR count). The van der Waals surface area contributed by atoms with Gasteiger partial charge in [-0.05, 0) is 69.8 Å². The molecule has 45 heavy (non-hydrogen) atoms. The van der Waals surface area contributed by atoms with Gasteiger partial charge in [-0.1, -0.05) is 121 Å². The second-order valence-corrected chi connectivity index (χ2v) is 12.0. The molecule has 0 saturated heterocycles. The number of fused-ring (bicyclic) bond motifs is 6. The summed E-state index contributed by atoms with van der Waals surface area (Å²) in [6.45, 7) is 0.756. The first-order chi connectivity index (χ1) is 22.3.